The average Bonchev–Trinajstić information content (AvgIpc) is 2.28. The second kappa shape index (κ2) is 4.42. The number of hydrogen-bond acceptors (Lipinski definition) is 2. The zero-order valence-electron chi connectivity index (χ0n) is 10.0. The van der Waals surface area contributed by atoms with E-state index in [2.05, 4.69) is 0 Å². The molecule has 17 heavy (non-hydrogen) atoms. The van der Waals surface area contributed by atoms with E-state index in [1.54, 1.807) is 0 Å². The molecule has 2 heteroatoms. The summed E-state index contributed by atoms with van der Waals surface area (Å²) in [6, 6.07) is 13.0. The van der Waals surface area contributed by atoms with Crippen LogP contribution in [0.5, 0.6) is 0 Å². The number of anilines is 1. The first-order valence-corrected chi connectivity index (χ1v) is 5.56. The molecule has 2 nitrogen and oxygen atoms in total. The van der Waals surface area contributed by atoms with Gasteiger partial charge in [0.1, 0.15) is 0 Å². The largest absolute Gasteiger partial charge is 0.399 e. The molecule has 0 radical (unpaired) electrons. The summed E-state index contributed by atoms with van der Waals surface area (Å²) in [5.74, 6) is 0.0561. The van der Waals surface area contributed by atoms with Gasteiger partial charge in [-0.3, -0.25) is 4.79 Å². The maximum absolute atomic E-state index is 12.4. The molecule has 0 unspecified atom stereocenters. The van der Waals surface area contributed by atoms with Crippen molar-refractivity contribution in [2.24, 2.45) is 0 Å². The minimum absolute atomic E-state index is 0.0561. The molecule has 86 valence electrons. The standard InChI is InChI=1S/C15H15NO/c1-10-8-13(16)9-11(2)14(10)15(17)12-6-4-3-5-7-12/h3-9H,16H2,1-2H3. The van der Waals surface area contributed by atoms with Gasteiger partial charge in [0, 0.05) is 16.8 Å². The molecule has 0 spiro atoms. The second-order valence-electron chi connectivity index (χ2n) is 4.22. The zero-order valence-corrected chi connectivity index (χ0v) is 10.0. The summed E-state index contributed by atoms with van der Waals surface area (Å²) in [7, 11) is 0. The summed E-state index contributed by atoms with van der Waals surface area (Å²) < 4.78 is 0. The predicted octanol–water partition coefficient (Wildman–Crippen LogP) is 3.12. The molecule has 0 fully saturated rings. The molecule has 0 atom stereocenters. The number of rotatable bonds is 2. The Morgan fingerprint density at radius 1 is 1.00 bits per heavy atom. The van der Waals surface area contributed by atoms with E-state index in [1.165, 1.54) is 0 Å². The topological polar surface area (TPSA) is 43.1 Å². The summed E-state index contributed by atoms with van der Waals surface area (Å²) in [5, 5.41) is 0. The highest BCUT2D eigenvalue weighted by atomic mass is 16.1. The molecule has 0 aromatic heterocycles. The molecule has 2 rings (SSSR count). The van der Waals surface area contributed by atoms with Crippen molar-refractivity contribution in [2.45, 2.75) is 13.8 Å². The number of carbonyl (C=O) groups is 1. The van der Waals surface area contributed by atoms with E-state index in [4.69, 9.17) is 5.73 Å². The van der Waals surface area contributed by atoms with E-state index in [1.807, 2.05) is 56.3 Å². The lowest BCUT2D eigenvalue weighted by molar-refractivity contribution is 0.103. The first-order valence-electron chi connectivity index (χ1n) is 5.56. The van der Waals surface area contributed by atoms with Crippen molar-refractivity contribution in [2.75, 3.05) is 5.73 Å². The van der Waals surface area contributed by atoms with E-state index in [0.717, 1.165) is 16.7 Å². The van der Waals surface area contributed by atoms with E-state index in [-0.39, 0.29) is 5.78 Å². The van der Waals surface area contributed by atoms with Gasteiger partial charge >= 0.3 is 0 Å². The van der Waals surface area contributed by atoms with Crippen LogP contribution in [0.2, 0.25) is 0 Å². The van der Waals surface area contributed by atoms with Gasteiger partial charge in [-0.1, -0.05) is 30.3 Å². The fraction of sp³-hybridized carbons (Fsp3) is 0.133. The number of aryl methyl sites for hydroxylation is 2. The Hall–Kier alpha value is -2.09. The van der Waals surface area contributed by atoms with Crippen molar-refractivity contribution < 1.29 is 4.79 Å². The minimum Gasteiger partial charge on any atom is -0.399 e. The van der Waals surface area contributed by atoms with Gasteiger partial charge < -0.3 is 5.73 Å². The highest BCUT2D eigenvalue weighted by Crippen LogP contribution is 2.21. The average molecular weight is 225 g/mol. The third-order valence-corrected chi connectivity index (χ3v) is 2.82. The van der Waals surface area contributed by atoms with E-state index >= 15 is 0 Å². The monoisotopic (exact) mass is 225 g/mol. The Balaban J connectivity index is 2.52. The molecule has 2 aromatic rings. The Kier molecular flexibility index (Phi) is 2.96. The molecule has 0 bridgehead atoms. The maximum atomic E-state index is 12.4. The fourth-order valence-corrected chi connectivity index (χ4v) is 2.09. The van der Waals surface area contributed by atoms with Gasteiger partial charge in [0.25, 0.3) is 0 Å². The predicted molar refractivity (Wildman–Crippen MR) is 70.2 cm³/mol. The van der Waals surface area contributed by atoms with Crippen LogP contribution in [0.4, 0.5) is 5.69 Å². The van der Waals surface area contributed by atoms with Crippen molar-refractivity contribution >= 4 is 11.5 Å². The molecule has 0 amide bonds. The summed E-state index contributed by atoms with van der Waals surface area (Å²) >= 11 is 0. The Morgan fingerprint density at radius 3 is 2.06 bits per heavy atom. The fourth-order valence-electron chi connectivity index (χ4n) is 2.09. The Labute approximate surface area is 101 Å². The summed E-state index contributed by atoms with van der Waals surface area (Å²) in [4.78, 5) is 12.4. The van der Waals surface area contributed by atoms with Gasteiger partial charge in [0.15, 0.2) is 5.78 Å². The van der Waals surface area contributed by atoms with Crippen molar-refractivity contribution in [1.82, 2.24) is 0 Å². The van der Waals surface area contributed by atoms with Crippen molar-refractivity contribution in [3.05, 3.63) is 64.7 Å². The normalized spacial score (nSPS) is 10.2. The third-order valence-electron chi connectivity index (χ3n) is 2.82. The van der Waals surface area contributed by atoms with Crippen LogP contribution in [0.3, 0.4) is 0 Å². The molecule has 0 saturated carbocycles. The second-order valence-corrected chi connectivity index (χ2v) is 4.22. The van der Waals surface area contributed by atoms with Crippen molar-refractivity contribution in [1.29, 1.82) is 0 Å². The zero-order chi connectivity index (χ0) is 12.4. The molecule has 0 aliphatic heterocycles. The SMILES string of the molecule is Cc1cc(N)cc(C)c1C(=O)c1ccccc1. The summed E-state index contributed by atoms with van der Waals surface area (Å²) in [6.45, 7) is 3.83. The van der Waals surface area contributed by atoms with Crippen LogP contribution < -0.4 is 5.73 Å². The van der Waals surface area contributed by atoms with Gasteiger partial charge in [-0.15, -0.1) is 0 Å². The van der Waals surface area contributed by atoms with Crippen LogP contribution in [0, 0.1) is 13.8 Å². The van der Waals surface area contributed by atoms with E-state index in [0.29, 0.717) is 11.3 Å². The van der Waals surface area contributed by atoms with Crippen LogP contribution >= 0.6 is 0 Å². The first-order chi connectivity index (χ1) is 8.09. The molecule has 0 saturated heterocycles. The number of nitrogen functional groups attached to an aromatic ring is 1. The van der Waals surface area contributed by atoms with Crippen molar-refractivity contribution in [3.63, 3.8) is 0 Å². The van der Waals surface area contributed by atoms with Crippen LogP contribution in [0.25, 0.3) is 0 Å². The van der Waals surface area contributed by atoms with E-state index < -0.39 is 0 Å². The lowest BCUT2D eigenvalue weighted by atomic mass is 9.94. The van der Waals surface area contributed by atoms with Gasteiger partial charge in [-0.25, -0.2) is 0 Å². The van der Waals surface area contributed by atoms with Crippen LogP contribution in [-0.2, 0) is 0 Å². The number of benzene rings is 2. The molecular formula is C15H15NO. The Bertz CT molecular complexity index is 535. The lowest BCUT2D eigenvalue weighted by Crippen LogP contribution is -2.07. The Morgan fingerprint density at radius 2 is 1.53 bits per heavy atom. The third kappa shape index (κ3) is 2.21. The van der Waals surface area contributed by atoms with Crippen LogP contribution in [0.1, 0.15) is 27.0 Å². The van der Waals surface area contributed by atoms with Gasteiger partial charge in [0.2, 0.25) is 0 Å². The maximum Gasteiger partial charge on any atom is 0.193 e. The van der Waals surface area contributed by atoms with E-state index in [9.17, 15) is 4.79 Å². The van der Waals surface area contributed by atoms with Crippen LogP contribution in [0.15, 0.2) is 42.5 Å². The smallest absolute Gasteiger partial charge is 0.193 e. The number of hydrogen-bond donors (Lipinski definition) is 1. The van der Waals surface area contributed by atoms with Gasteiger partial charge in [0.05, 0.1) is 0 Å². The number of nitrogens with two attached hydrogens (primary N) is 1. The van der Waals surface area contributed by atoms with Crippen molar-refractivity contribution in [3.8, 4) is 0 Å². The highest BCUT2D eigenvalue weighted by molar-refractivity contribution is 6.11. The first kappa shape index (κ1) is 11.4. The molecule has 2 aromatic carbocycles. The molecular weight excluding hydrogens is 210 g/mol. The summed E-state index contributed by atoms with van der Waals surface area (Å²) in [5.41, 5.74) is 9.78. The lowest BCUT2D eigenvalue weighted by Gasteiger charge is -2.10. The molecule has 2 N–H and O–H groups in total. The minimum atomic E-state index is 0.0561. The highest BCUT2D eigenvalue weighted by Gasteiger charge is 2.14. The molecule has 0 heterocycles. The molecule has 0 aliphatic carbocycles. The van der Waals surface area contributed by atoms with Crippen LogP contribution in [-0.4, -0.2) is 5.78 Å². The van der Waals surface area contributed by atoms with Gasteiger partial charge in [-0.05, 0) is 37.1 Å². The number of carbonyl (C=O) groups excluding carboxylic acids is 1. The quantitative estimate of drug-likeness (QED) is 0.630. The number of ketones is 1. The molecule has 0 aliphatic rings. The summed E-state index contributed by atoms with van der Waals surface area (Å²) in [6.07, 6.45) is 0. The van der Waals surface area contributed by atoms with Gasteiger partial charge in [-0.2, -0.15) is 0 Å².